The van der Waals surface area contributed by atoms with Gasteiger partial charge in [0.05, 0.1) is 18.0 Å². The highest BCUT2D eigenvalue weighted by Crippen LogP contribution is 2.10. The van der Waals surface area contributed by atoms with E-state index in [-0.39, 0.29) is 12.1 Å². The molecule has 0 aliphatic rings. The molecular weight excluding hydrogens is 256 g/mol. The number of nitrogens with zero attached hydrogens (tertiary/aromatic N) is 3. The SMILES string of the molecule is CC(C)Cn1cc(NC(=O)N(CC(C)O)C(C)C)cn1. The van der Waals surface area contributed by atoms with Crippen LogP contribution in [0.1, 0.15) is 34.6 Å². The monoisotopic (exact) mass is 282 g/mol. The Morgan fingerprint density at radius 1 is 1.40 bits per heavy atom. The summed E-state index contributed by atoms with van der Waals surface area (Å²) in [6, 6.07) is -0.194. The molecule has 1 aromatic rings. The lowest BCUT2D eigenvalue weighted by atomic mass is 10.2. The minimum absolute atomic E-state index is 0.0234. The van der Waals surface area contributed by atoms with E-state index in [1.54, 1.807) is 18.0 Å². The van der Waals surface area contributed by atoms with Crippen LogP contribution in [0.5, 0.6) is 0 Å². The van der Waals surface area contributed by atoms with E-state index in [1.807, 2.05) is 24.7 Å². The molecule has 6 heteroatoms. The topological polar surface area (TPSA) is 70.4 Å². The van der Waals surface area contributed by atoms with Crippen molar-refractivity contribution in [1.82, 2.24) is 14.7 Å². The number of amides is 2. The molecule has 114 valence electrons. The molecule has 1 aromatic heterocycles. The summed E-state index contributed by atoms with van der Waals surface area (Å²) in [6.07, 6.45) is 2.91. The first-order valence-electron chi connectivity index (χ1n) is 7.07. The minimum Gasteiger partial charge on any atom is -0.392 e. The van der Waals surface area contributed by atoms with Crippen LogP contribution in [0.25, 0.3) is 0 Å². The summed E-state index contributed by atoms with van der Waals surface area (Å²) >= 11 is 0. The molecule has 0 aliphatic heterocycles. The molecule has 2 amide bonds. The van der Waals surface area contributed by atoms with E-state index in [2.05, 4.69) is 24.3 Å². The molecule has 0 bridgehead atoms. The van der Waals surface area contributed by atoms with Gasteiger partial charge in [0.15, 0.2) is 0 Å². The summed E-state index contributed by atoms with van der Waals surface area (Å²) in [5.41, 5.74) is 0.673. The van der Waals surface area contributed by atoms with E-state index in [1.165, 1.54) is 0 Å². The van der Waals surface area contributed by atoms with E-state index < -0.39 is 6.10 Å². The molecule has 0 aliphatic carbocycles. The lowest BCUT2D eigenvalue weighted by Gasteiger charge is -2.27. The summed E-state index contributed by atoms with van der Waals surface area (Å²) in [5, 5.41) is 16.5. The highest BCUT2D eigenvalue weighted by molar-refractivity contribution is 5.89. The smallest absolute Gasteiger partial charge is 0.322 e. The Kier molecular flexibility index (Phi) is 6.01. The van der Waals surface area contributed by atoms with E-state index in [4.69, 9.17) is 0 Å². The quantitative estimate of drug-likeness (QED) is 0.840. The number of carbonyl (C=O) groups excluding carboxylic acids is 1. The molecule has 0 aromatic carbocycles. The van der Waals surface area contributed by atoms with E-state index in [0.29, 0.717) is 18.2 Å². The Labute approximate surface area is 120 Å². The van der Waals surface area contributed by atoms with Gasteiger partial charge in [0.1, 0.15) is 0 Å². The zero-order chi connectivity index (χ0) is 15.3. The van der Waals surface area contributed by atoms with Crippen LogP contribution >= 0.6 is 0 Å². The van der Waals surface area contributed by atoms with Gasteiger partial charge >= 0.3 is 6.03 Å². The largest absolute Gasteiger partial charge is 0.392 e. The van der Waals surface area contributed by atoms with Crippen LogP contribution in [-0.4, -0.2) is 44.5 Å². The van der Waals surface area contributed by atoms with Gasteiger partial charge in [-0.25, -0.2) is 4.79 Å². The lowest BCUT2D eigenvalue weighted by molar-refractivity contribution is 0.125. The number of hydrogen-bond donors (Lipinski definition) is 2. The first-order chi connectivity index (χ1) is 9.29. The third-order valence-electron chi connectivity index (χ3n) is 2.78. The van der Waals surface area contributed by atoms with Crippen LogP contribution in [0.4, 0.5) is 10.5 Å². The maximum atomic E-state index is 12.2. The Balaban J connectivity index is 2.65. The van der Waals surface area contributed by atoms with E-state index in [0.717, 1.165) is 6.54 Å². The molecular formula is C14H26N4O2. The fourth-order valence-electron chi connectivity index (χ4n) is 1.91. The second-order valence-corrected chi connectivity index (χ2v) is 5.87. The number of urea groups is 1. The number of carbonyl (C=O) groups is 1. The summed E-state index contributed by atoms with van der Waals surface area (Å²) < 4.78 is 1.81. The molecule has 1 unspecified atom stereocenters. The van der Waals surface area contributed by atoms with Crippen LogP contribution in [0.2, 0.25) is 0 Å². The predicted octanol–water partition coefficient (Wildman–Crippen LogP) is 2.16. The minimum atomic E-state index is -0.549. The fraction of sp³-hybridized carbons (Fsp3) is 0.714. The van der Waals surface area contributed by atoms with Gasteiger partial charge in [0.25, 0.3) is 0 Å². The molecule has 0 radical (unpaired) electrons. The Morgan fingerprint density at radius 2 is 2.05 bits per heavy atom. The summed E-state index contributed by atoms with van der Waals surface area (Å²) in [6.45, 7) is 10.9. The van der Waals surface area contributed by atoms with Gasteiger partial charge in [-0.1, -0.05) is 13.8 Å². The number of aliphatic hydroxyl groups excluding tert-OH is 1. The zero-order valence-electron chi connectivity index (χ0n) is 13.0. The van der Waals surface area contributed by atoms with Crippen molar-refractivity contribution in [2.24, 2.45) is 5.92 Å². The molecule has 1 rings (SSSR count). The number of aromatic nitrogens is 2. The zero-order valence-corrected chi connectivity index (χ0v) is 13.0. The molecule has 0 saturated heterocycles. The van der Waals surface area contributed by atoms with Crippen LogP contribution in [0.3, 0.4) is 0 Å². The summed E-state index contributed by atoms with van der Waals surface area (Å²) in [4.78, 5) is 13.8. The lowest BCUT2D eigenvalue weighted by Crippen LogP contribution is -2.43. The van der Waals surface area contributed by atoms with Gasteiger partial charge in [0.2, 0.25) is 0 Å². The van der Waals surface area contributed by atoms with Crippen molar-refractivity contribution in [3.05, 3.63) is 12.4 Å². The summed E-state index contributed by atoms with van der Waals surface area (Å²) in [7, 11) is 0. The number of anilines is 1. The standard InChI is InChI=1S/C14H26N4O2/c1-10(2)7-17-9-13(6-15-17)16-14(20)18(11(3)4)8-12(5)19/h6,9-12,19H,7-8H2,1-5H3,(H,16,20). The van der Waals surface area contributed by atoms with Gasteiger partial charge in [-0.3, -0.25) is 4.68 Å². The molecule has 0 fully saturated rings. The van der Waals surface area contributed by atoms with Crippen LogP contribution in [0, 0.1) is 5.92 Å². The van der Waals surface area contributed by atoms with E-state index in [9.17, 15) is 9.90 Å². The summed E-state index contributed by atoms with van der Waals surface area (Å²) in [5.74, 6) is 0.501. The van der Waals surface area contributed by atoms with Gasteiger partial charge in [0, 0.05) is 25.3 Å². The third kappa shape index (κ3) is 5.21. The van der Waals surface area contributed by atoms with Gasteiger partial charge in [-0.2, -0.15) is 5.10 Å². The normalized spacial score (nSPS) is 12.8. The maximum absolute atomic E-state index is 12.2. The van der Waals surface area contributed by atoms with Crippen LogP contribution in [0.15, 0.2) is 12.4 Å². The molecule has 0 spiro atoms. The van der Waals surface area contributed by atoms with Crippen molar-refractivity contribution in [2.75, 3.05) is 11.9 Å². The van der Waals surface area contributed by atoms with Crippen molar-refractivity contribution in [1.29, 1.82) is 0 Å². The van der Waals surface area contributed by atoms with Crippen molar-refractivity contribution < 1.29 is 9.90 Å². The van der Waals surface area contributed by atoms with Crippen molar-refractivity contribution in [3.63, 3.8) is 0 Å². The average molecular weight is 282 g/mol. The number of aliphatic hydroxyl groups is 1. The highest BCUT2D eigenvalue weighted by atomic mass is 16.3. The van der Waals surface area contributed by atoms with Crippen LogP contribution < -0.4 is 5.32 Å². The average Bonchev–Trinajstić information content (AvgIpc) is 2.71. The molecule has 2 N–H and O–H groups in total. The molecule has 6 nitrogen and oxygen atoms in total. The van der Waals surface area contributed by atoms with Crippen LogP contribution in [-0.2, 0) is 6.54 Å². The van der Waals surface area contributed by atoms with Gasteiger partial charge in [-0.05, 0) is 26.7 Å². The van der Waals surface area contributed by atoms with Gasteiger partial charge in [-0.15, -0.1) is 0 Å². The maximum Gasteiger partial charge on any atom is 0.322 e. The highest BCUT2D eigenvalue weighted by Gasteiger charge is 2.19. The third-order valence-corrected chi connectivity index (χ3v) is 2.78. The fourth-order valence-corrected chi connectivity index (χ4v) is 1.91. The van der Waals surface area contributed by atoms with Crippen molar-refractivity contribution >= 4 is 11.7 Å². The number of hydrogen-bond acceptors (Lipinski definition) is 3. The second-order valence-electron chi connectivity index (χ2n) is 5.87. The van der Waals surface area contributed by atoms with E-state index >= 15 is 0 Å². The van der Waals surface area contributed by atoms with Crippen molar-refractivity contribution in [3.8, 4) is 0 Å². The Hall–Kier alpha value is -1.56. The Morgan fingerprint density at radius 3 is 2.55 bits per heavy atom. The predicted molar refractivity (Wildman–Crippen MR) is 79.6 cm³/mol. The number of nitrogens with one attached hydrogen (secondary N) is 1. The number of rotatable bonds is 6. The van der Waals surface area contributed by atoms with Crippen molar-refractivity contribution in [2.45, 2.75) is 53.3 Å². The van der Waals surface area contributed by atoms with Gasteiger partial charge < -0.3 is 15.3 Å². The molecule has 1 heterocycles. The molecule has 0 saturated carbocycles. The first-order valence-corrected chi connectivity index (χ1v) is 7.07. The second kappa shape index (κ2) is 7.28. The molecule has 1 atom stereocenters. The molecule has 20 heavy (non-hydrogen) atoms. The Bertz CT molecular complexity index is 427. The first kappa shape index (κ1) is 16.5.